The summed E-state index contributed by atoms with van der Waals surface area (Å²) in [6, 6.07) is 5.81. The van der Waals surface area contributed by atoms with Crippen LogP contribution in [0.4, 0.5) is 4.39 Å². The van der Waals surface area contributed by atoms with Crippen LogP contribution in [0.5, 0.6) is 0 Å². The van der Waals surface area contributed by atoms with Crippen LogP contribution in [0.2, 0.25) is 10.0 Å². The van der Waals surface area contributed by atoms with Gasteiger partial charge in [0.2, 0.25) is 0 Å². The van der Waals surface area contributed by atoms with E-state index in [0.717, 1.165) is 18.7 Å². The molecule has 1 aromatic rings. The second-order valence-corrected chi connectivity index (χ2v) is 6.20. The quantitative estimate of drug-likeness (QED) is 0.750. The number of piperidine rings is 1. The summed E-state index contributed by atoms with van der Waals surface area (Å²) in [5.41, 5.74) is 0.0808. The van der Waals surface area contributed by atoms with E-state index in [2.05, 4.69) is 11.8 Å². The fourth-order valence-corrected chi connectivity index (χ4v) is 2.95. The highest BCUT2D eigenvalue weighted by molar-refractivity contribution is 6.34. The van der Waals surface area contributed by atoms with E-state index in [1.165, 1.54) is 0 Å². The number of alkyl halides is 1. The lowest BCUT2D eigenvalue weighted by Gasteiger charge is -2.38. The number of rotatable bonds is 2. The standard InChI is InChI=1S/C14H18Cl2FN/c1-10(11-7-12(15)9-13(16)8-11)18-5-3-14(2,17)4-6-18/h7-10H,3-6H2,1-2H3/t10-/m0/s1. The van der Waals surface area contributed by atoms with E-state index in [9.17, 15) is 4.39 Å². The number of nitrogens with zero attached hydrogens (tertiary/aromatic N) is 1. The van der Waals surface area contributed by atoms with E-state index in [4.69, 9.17) is 23.2 Å². The fraction of sp³-hybridized carbons (Fsp3) is 0.571. The third kappa shape index (κ3) is 3.37. The van der Waals surface area contributed by atoms with Crippen molar-refractivity contribution in [1.29, 1.82) is 0 Å². The number of hydrogen-bond donors (Lipinski definition) is 0. The lowest BCUT2D eigenvalue weighted by atomic mass is 9.93. The molecule has 0 aliphatic carbocycles. The highest BCUT2D eigenvalue weighted by atomic mass is 35.5. The Labute approximate surface area is 118 Å². The fourth-order valence-electron chi connectivity index (χ4n) is 2.40. The molecule has 18 heavy (non-hydrogen) atoms. The molecule has 1 heterocycles. The largest absolute Gasteiger partial charge is 0.296 e. The van der Waals surface area contributed by atoms with Gasteiger partial charge in [0, 0.05) is 29.2 Å². The van der Waals surface area contributed by atoms with Crippen molar-refractivity contribution in [2.24, 2.45) is 0 Å². The number of likely N-dealkylation sites (tertiary alicyclic amines) is 1. The molecule has 0 amide bonds. The van der Waals surface area contributed by atoms with Gasteiger partial charge in [-0.3, -0.25) is 4.90 Å². The normalized spacial score (nSPS) is 21.8. The molecule has 0 unspecified atom stereocenters. The first-order chi connectivity index (χ1) is 8.37. The summed E-state index contributed by atoms with van der Waals surface area (Å²) in [5, 5.41) is 1.30. The number of halogens is 3. The summed E-state index contributed by atoms with van der Waals surface area (Å²) < 4.78 is 13.8. The Kier molecular flexibility index (Phi) is 4.20. The minimum absolute atomic E-state index is 0.220. The van der Waals surface area contributed by atoms with Gasteiger partial charge in [0.25, 0.3) is 0 Å². The maximum Gasteiger partial charge on any atom is 0.110 e. The highest BCUT2D eigenvalue weighted by Gasteiger charge is 2.31. The van der Waals surface area contributed by atoms with Gasteiger partial charge in [0.1, 0.15) is 5.67 Å². The molecule has 1 fully saturated rings. The molecule has 0 aromatic heterocycles. The molecule has 1 aromatic carbocycles. The van der Waals surface area contributed by atoms with E-state index >= 15 is 0 Å². The van der Waals surface area contributed by atoms with Crippen molar-refractivity contribution in [3.63, 3.8) is 0 Å². The maximum absolute atomic E-state index is 13.8. The molecule has 1 aliphatic heterocycles. The van der Waals surface area contributed by atoms with E-state index in [1.54, 1.807) is 13.0 Å². The third-order valence-electron chi connectivity index (χ3n) is 3.76. The first-order valence-electron chi connectivity index (χ1n) is 6.26. The van der Waals surface area contributed by atoms with Gasteiger partial charge in [0.15, 0.2) is 0 Å². The Bertz CT molecular complexity index is 404. The minimum Gasteiger partial charge on any atom is -0.296 e. The smallest absolute Gasteiger partial charge is 0.110 e. The maximum atomic E-state index is 13.8. The summed E-state index contributed by atoms with van der Waals surface area (Å²) in [5.74, 6) is 0. The van der Waals surface area contributed by atoms with Crippen LogP contribution in [0, 0.1) is 0 Å². The molecular weight excluding hydrogens is 272 g/mol. The van der Waals surface area contributed by atoms with Crippen molar-refractivity contribution in [2.45, 2.75) is 38.4 Å². The average molecular weight is 290 g/mol. The molecule has 1 nitrogen and oxygen atoms in total. The monoisotopic (exact) mass is 289 g/mol. The van der Waals surface area contributed by atoms with Crippen LogP contribution in [0.25, 0.3) is 0 Å². The summed E-state index contributed by atoms with van der Waals surface area (Å²) >= 11 is 12.0. The second kappa shape index (κ2) is 5.36. The molecule has 1 aliphatic rings. The summed E-state index contributed by atoms with van der Waals surface area (Å²) in [6.07, 6.45) is 1.18. The Morgan fingerprint density at radius 2 is 1.67 bits per heavy atom. The average Bonchev–Trinajstić information content (AvgIpc) is 2.27. The zero-order valence-corrected chi connectivity index (χ0v) is 12.2. The van der Waals surface area contributed by atoms with Gasteiger partial charge >= 0.3 is 0 Å². The molecule has 4 heteroatoms. The molecule has 0 radical (unpaired) electrons. The van der Waals surface area contributed by atoms with Crippen molar-refractivity contribution in [3.05, 3.63) is 33.8 Å². The van der Waals surface area contributed by atoms with Gasteiger partial charge in [-0.1, -0.05) is 23.2 Å². The topological polar surface area (TPSA) is 3.24 Å². The minimum atomic E-state index is -1.01. The summed E-state index contributed by atoms with van der Waals surface area (Å²) in [7, 11) is 0. The lowest BCUT2D eigenvalue weighted by molar-refractivity contribution is 0.0550. The Hall–Kier alpha value is -0.310. The molecule has 2 rings (SSSR count). The van der Waals surface area contributed by atoms with Gasteiger partial charge in [-0.15, -0.1) is 0 Å². The van der Waals surface area contributed by atoms with E-state index in [1.807, 2.05) is 12.1 Å². The van der Waals surface area contributed by atoms with Crippen LogP contribution in [0.1, 0.15) is 38.3 Å². The molecule has 1 atom stereocenters. The van der Waals surface area contributed by atoms with Crippen LogP contribution < -0.4 is 0 Å². The van der Waals surface area contributed by atoms with Crippen molar-refractivity contribution < 1.29 is 4.39 Å². The Morgan fingerprint density at radius 1 is 1.17 bits per heavy atom. The van der Waals surface area contributed by atoms with Gasteiger partial charge in [-0.25, -0.2) is 4.39 Å². The van der Waals surface area contributed by atoms with Gasteiger partial charge in [0.05, 0.1) is 0 Å². The first kappa shape index (κ1) is 14.1. The molecule has 0 saturated carbocycles. The molecule has 0 N–H and O–H groups in total. The van der Waals surface area contributed by atoms with Crippen molar-refractivity contribution in [2.75, 3.05) is 13.1 Å². The van der Waals surface area contributed by atoms with Crippen LogP contribution in [0.3, 0.4) is 0 Å². The number of benzene rings is 1. The number of hydrogen-bond acceptors (Lipinski definition) is 1. The predicted octanol–water partition coefficient (Wildman–Crippen LogP) is 4.88. The Morgan fingerprint density at radius 3 is 2.17 bits per heavy atom. The Balaban J connectivity index is 2.09. The van der Waals surface area contributed by atoms with Crippen LogP contribution in [0.15, 0.2) is 18.2 Å². The summed E-state index contributed by atoms with van der Waals surface area (Å²) in [4.78, 5) is 2.28. The SMILES string of the molecule is C[C@@H](c1cc(Cl)cc(Cl)c1)N1CCC(C)(F)CC1. The molecule has 0 bridgehead atoms. The first-order valence-corrected chi connectivity index (χ1v) is 7.02. The van der Waals surface area contributed by atoms with E-state index in [-0.39, 0.29) is 6.04 Å². The second-order valence-electron chi connectivity index (χ2n) is 5.33. The van der Waals surface area contributed by atoms with E-state index < -0.39 is 5.67 Å². The predicted molar refractivity (Wildman–Crippen MR) is 75.2 cm³/mol. The molecule has 0 spiro atoms. The zero-order chi connectivity index (χ0) is 13.3. The highest BCUT2D eigenvalue weighted by Crippen LogP contribution is 2.32. The van der Waals surface area contributed by atoms with Crippen molar-refractivity contribution in [1.82, 2.24) is 4.90 Å². The van der Waals surface area contributed by atoms with Crippen LogP contribution >= 0.6 is 23.2 Å². The molecule has 1 saturated heterocycles. The molecule has 100 valence electrons. The third-order valence-corrected chi connectivity index (χ3v) is 4.19. The van der Waals surface area contributed by atoms with Gasteiger partial charge in [-0.05, 0) is 50.5 Å². The lowest BCUT2D eigenvalue weighted by Crippen LogP contribution is -2.41. The zero-order valence-electron chi connectivity index (χ0n) is 10.7. The molecular formula is C14H18Cl2FN. The van der Waals surface area contributed by atoms with Gasteiger partial charge < -0.3 is 0 Å². The van der Waals surface area contributed by atoms with Crippen molar-refractivity contribution in [3.8, 4) is 0 Å². The van der Waals surface area contributed by atoms with Gasteiger partial charge in [-0.2, -0.15) is 0 Å². The summed E-state index contributed by atoms with van der Waals surface area (Å²) in [6.45, 7) is 5.35. The van der Waals surface area contributed by atoms with Crippen LogP contribution in [-0.4, -0.2) is 23.7 Å². The van der Waals surface area contributed by atoms with Crippen molar-refractivity contribution >= 4 is 23.2 Å². The van der Waals surface area contributed by atoms with Crippen LogP contribution in [-0.2, 0) is 0 Å². The van der Waals surface area contributed by atoms with E-state index in [0.29, 0.717) is 22.9 Å².